The van der Waals surface area contributed by atoms with E-state index in [2.05, 4.69) is 0 Å². The van der Waals surface area contributed by atoms with Gasteiger partial charge in [-0.15, -0.1) is 0 Å². The van der Waals surface area contributed by atoms with Crippen LogP contribution in [0.1, 0.15) is 18.9 Å². The zero-order valence-corrected chi connectivity index (χ0v) is 19.9. The van der Waals surface area contributed by atoms with E-state index in [9.17, 15) is 0 Å². The van der Waals surface area contributed by atoms with Gasteiger partial charge >= 0.3 is 0 Å². The summed E-state index contributed by atoms with van der Waals surface area (Å²) < 4.78 is 18.7. The Bertz CT molecular complexity index is 617. The number of epoxide rings is 1. The van der Waals surface area contributed by atoms with E-state index >= 15 is 0 Å². The van der Waals surface area contributed by atoms with Crippen molar-refractivity contribution in [2.75, 3.05) is 26.9 Å². The smallest absolute Gasteiger partial charge is 0.223 e. The lowest BCUT2D eigenvalue weighted by molar-refractivity contribution is -0.163. The number of alkyl halides is 6. The molecule has 0 saturated carbocycles. The monoisotopic (exact) mass is 512 g/mol. The van der Waals surface area contributed by atoms with Gasteiger partial charge < -0.3 is 18.9 Å². The fraction of sp³-hybridized carbons (Fsp3) is 0.667. The lowest BCUT2D eigenvalue weighted by Crippen LogP contribution is -2.57. The summed E-state index contributed by atoms with van der Waals surface area (Å²) in [6, 6.07) is 9.56. The van der Waals surface area contributed by atoms with Crippen LogP contribution in [0.3, 0.4) is 0 Å². The van der Waals surface area contributed by atoms with Crippen molar-refractivity contribution < 1.29 is 18.9 Å². The third-order valence-electron chi connectivity index (χ3n) is 4.71. The largest absolute Gasteiger partial charge is 0.369 e. The van der Waals surface area contributed by atoms with Crippen LogP contribution in [0.4, 0.5) is 0 Å². The Balaban J connectivity index is 2.27. The van der Waals surface area contributed by atoms with E-state index in [-0.39, 0.29) is 19.5 Å². The standard InChI is InChI=1S/C18H22Cl6O4/c1-3-15(17(19,20)21,9-13-7-5-4-6-8-13)28-12-16(25-2,18(22,23)24)11-27-14-10-26-14/h4-8,14H,3,9-12H2,1-2H3. The van der Waals surface area contributed by atoms with Gasteiger partial charge in [0.1, 0.15) is 12.2 Å². The molecule has 1 saturated heterocycles. The van der Waals surface area contributed by atoms with Crippen molar-refractivity contribution in [3.8, 4) is 0 Å². The summed E-state index contributed by atoms with van der Waals surface area (Å²) in [7, 11) is 1.41. The zero-order valence-electron chi connectivity index (χ0n) is 15.4. The van der Waals surface area contributed by atoms with E-state index in [0.29, 0.717) is 19.4 Å². The number of benzene rings is 1. The molecule has 0 aromatic heterocycles. The number of hydrogen-bond acceptors (Lipinski definition) is 4. The van der Waals surface area contributed by atoms with E-state index in [0.717, 1.165) is 5.56 Å². The van der Waals surface area contributed by atoms with Crippen LogP contribution in [0.5, 0.6) is 0 Å². The molecule has 4 nitrogen and oxygen atoms in total. The molecule has 1 aliphatic rings. The molecule has 160 valence electrons. The topological polar surface area (TPSA) is 40.2 Å². The summed E-state index contributed by atoms with van der Waals surface area (Å²) in [5, 5.41) is 0. The van der Waals surface area contributed by atoms with Gasteiger partial charge in [0.15, 0.2) is 11.9 Å². The molecular weight excluding hydrogens is 493 g/mol. The number of rotatable bonds is 10. The molecule has 0 bridgehead atoms. The van der Waals surface area contributed by atoms with Gasteiger partial charge in [0.05, 0.1) is 13.2 Å². The molecule has 1 aliphatic heterocycles. The van der Waals surface area contributed by atoms with Crippen LogP contribution >= 0.6 is 69.6 Å². The van der Waals surface area contributed by atoms with Crippen LogP contribution in [0.15, 0.2) is 30.3 Å². The maximum atomic E-state index is 6.34. The second kappa shape index (κ2) is 9.95. The van der Waals surface area contributed by atoms with Crippen molar-refractivity contribution in [1.29, 1.82) is 0 Å². The van der Waals surface area contributed by atoms with Gasteiger partial charge in [-0.05, 0) is 12.0 Å². The van der Waals surface area contributed by atoms with E-state index in [1.54, 1.807) is 0 Å². The number of methoxy groups -OCH3 is 1. The van der Waals surface area contributed by atoms with Crippen molar-refractivity contribution in [3.05, 3.63) is 35.9 Å². The summed E-state index contributed by atoms with van der Waals surface area (Å²) in [5.41, 5.74) is -1.68. The number of halogens is 6. The molecule has 2 rings (SSSR count). The predicted octanol–water partition coefficient (Wildman–Crippen LogP) is 5.89. The minimum atomic E-state index is -1.86. The first-order chi connectivity index (χ1) is 13.0. The molecule has 0 N–H and O–H groups in total. The third kappa shape index (κ3) is 6.16. The maximum Gasteiger partial charge on any atom is 0.223 e. The Kier molecular flexibility index (Phi) is 8.91. The Hall–Kier alpha value is 0.800. The van der Waals surface area contributed by atoms with Crippen LogP contribution < -0.4 is 0 Å². The van der Waals surface area contributed by atoms with Crippen LogP contribution in [0.25, 0.3) is 0 Å². The van der Waals surface area contributed by atoms with E-state index < -0.39 is 18.8 Å². The molecular formula is C18H22Cl6O4. The summed E-state index contributed by atoms with van der Waals surface area (Å²) >= 11 is 37.7. The first-order valence-corrected chi connectivity index (χ1v) is 10.8. The van der Waals surface area contributed by atoms with Gasteiger partial charge in [0, 0.05) is 13.5 Å². The molecule has 1 aromatic carbocycles. The molecule has 3 unspecified atom stereocenters. The molecule has 0 amide bonds. The lowest BCUT2D eigenvalue weighted by atomic mass is 9.92. The van der Waals surface area contributed by atoms with Crippen molar-refractivity contribution in [2.45, 2.75) is 44.8 Å². The second-order valence-electron chi connectivity index (χ2n) is 6.57. The highest BCUT2D eigenvalue weighted by Gasteiger charge is 2.55. The van der Waals surface area contributed by atoms with Crippen LogP contribution in [-0.2, 0) is 25.4 Å². The summed E-state index contributed by atoms with van der Waals surface area (Å²) in [6.07, 6.45) is 0.382. The van der Waals surface area contributed by atoms with Gasteiger partial charge in [-0.1, -0.05) is 107 Å². The average molecular weight is 515 g/mol. The van der Waals surface area contributed by atoms with Crippen molar-refractivity contribution in [2.24, 2.45) is 0 Å². The van der Waals surface area contributed by atoms with E-state index in [1.807, 2.05) is 37.3 Å². The third-order valence-corrected chi connectivity index (χ3v) is 6.78. The number of hydrogen-bond donors (Lipinski definition) is 0. The fourth-order valence-electron chi connectivity index (χ4n) is 2.64. The van der Waals surface area contributed by atoms with Gasteiger partial charge in [-0.2, -0.15) is 0 Å². The lowest BCUT2D eigenvalue weighted by Gasteiger charge is -2.44. The highest BCUT2D eigenvalue weighted by Crippen LogP contribution is 2.48. The van der Waals surface area contributed by atoms with Crippen LogP contribution in [0.2, 0.25) is 0 Å². The predicted molar refractivity (Wildman–Crippen MR) is 115 cm³/mol. The normalized spacial score (nSPS) is 21.8. The summed E-state index contributed by atoms with van der Waals surface area (Å²) in [5.74, 6) is 0. The molecule has 0 radical (unpaired) electrons. The van der Waals surface area contributed by atoms with E-state index in [4.69, 9.17) is 88.6 Å². The molecule has 1 aromatic rings. The molecule has 1 fully saturated rings. The highest BCUT2D eigenvalue weighted by atomic mass is 35.6. The quantitative estimate of drug-likeness (QED) is 0.288. The van der Waals surface area contributed by atoms with Gasteiger partial charge in [-0.3, -0.25) is 0 Å². The first kappa shape index (κ1) is 25.1. The fourth-order valence-corrected chi connectivity index (χ4v) is 3.97. The molecule has 3 atom stereocenters. The minimum absolute atomic E-state index is 0.0738. The second-order valence-corrected chi connectivity index (χ2v) is 11.1. The molecule has 28 heavy (non-hydrogen) atoms. The Morgan fingerprint density at radius 3 is 1.96 bits per heavy atom. The summed E-state index contributed by atoms with van der Waals surface area (Å²) in [6.45, 7) is 2.09. The van der Waals surface area contributed by atoms with Crippen LogP contribution in [0, 0.1) is 0 Å². The van der Waals surface area contributed by atoms with Crippen molar-refractivity contribution >= 4 is 69.6 Å². The van der Waals surface area contributed by atoms with Crippen LogP contribution in [-0.4, -0.2) is 52.0 Å². The number of ether oxygens (including phenoxy) is 4. The van der Waals surface area contributed by atoms with Crippen molar-refractivity contribution in [3.63, 3.8) is 0 Å². The zero-order chi connectivity index (χ0) is 21.1. The first-order valence-electron chi connectivity index (χ1n) is 8.58. The van der Waals surface area contributed by atoms with E-state index in [1.165, 1.54) is 7.11 Å². The SMILES string of the molecule is CCC(Cc1ccccc1)(OCC(COC1CO1)(OC)C(Cl)(Cl)Cl)C(Cl)(Cl)Cl. The Morgan fingerprint density at radius 2 is 1.54 bits per heavy atom. The Morgan fingerprint density at radius 1 is 0.964 bits per heavy atom. The van der Waals surface area contributed by atoms with Gasteiger partial charge in [0.25, 0.3) is 0 Å². The minimum Gasteiger partial charge on any atom is -0.369 e. The molecule has 0 aliphatic carbocycles. The highest BCUT2D eigenvalue weighted by molar-refractivity contribution is 6.69. The van der Waals surface area contributed by atoms with Crippen molar-refractivity contribution in [1.82, 2.24) is 0 Å². The maximum absolute atomic E-state index is 6.34. The summed E-state index contributed by atoms with van der Waals surface area (Å²) in [4.78, 5) is 0. The van der Waals surface area contributed by atoms with Gasteiger partial charge in [0.2, 0.25) is 7.59 Å². The average Bonchev–Trinajstić information content (AvgIpc) is 3.44. The molecule has 1 heterocycles. The Labute approximate surface area is 195 Å². The molecule has 0 spiro atoms. The van der Waals surface area contributed by atoms with Gasteiger partial charge in [-0.25, -0.2) is 0 Å². The molecule has 10 heteroatoms.